The maximum atomic E-state index is 13.9. The number of halogens is 1. The summed E-state index contributed by atoms with van der Waals surface area (Å²) in [5.41, 5.74) is 0.921. The fraction of sp³-hybridized carbons (Fsp3) is 0.375. The zero-order valence-corrected chi connectivity index (χ0v) is 12.9. The van der Waals surface area contributed by atoms with Gasteiger partial charge in [-0.2, -0.15) is 4.98 Å². The third kappa shape index (κ3) is 3.87. The summed E-state index contributed by atoms with van der Waals surface area (Å²) < 4.78 is 29.9. The molecule has 1 aromatic heterocycles. The Bertz CT molecular complexity index is 663. The van der Waals surface area contributed by atoms with Gasteiger partial charge in [-0.15, -0.1) is 0 Å². The average molecular weight is 319 g/mol. The molecule has 2 aromatic rings. The van der Waals surface area contributed by atoms with Gasteiger partial charge >= 0.3 is 6.01 Å². The predicted molar refractivity (Wildman–Crippen MR) is 82.3 cm³/mol. The Morgan fingerprint density at radius 3 is 2.91 bits per heavy atom. The number of ether oxygens (including phenoxy) is 3. The van der Waals surface area contributed by atoms with E-state index in [0.717, 1.165) is 17.5 Å². The van der Waals surface area contributed by atoms with Crippen LogP contribution in [-0.4, -0.2) is 43.4 Å². The Morgan fingerprint density at radius 1 is 1.30 bits per heavy atom. The Balaban J connectivity index is 1.70. The largest absolute Gasteiger partial charge is 0.497 e. The highest BCUT2D eigenvalue weighted by atomic mass is 19.1. The lowest BCUT2D eigenvalue weighted by Gasteiger charge is -2.27. The molecule has 0 atom stereocenters. The molecule has 1 aliphatic rings. The number of hydrogen-bond acceptors (Lipinski definition) is 6. The van der Waals surface area contributed by atoms with Gasteiger partial charge in [0.25, 0.3) is 0 Å². The topological polar surface area (TPSA) is 56.7 Å². The lowest BCUT2D eigenvalue weighted by Crippen LogP contribution is -2.37. The quantitative estimate of drug-likeness (QED) is 0.840. The summed E-state index contributed by atoms with van der Waals surface area (Å²) in [6.45, 7) is 2.60. The molecule has 0 bridgehead atoms. The number of aromatic nitrogens is 2. The van der Waals surface area contributed by atoms with E-state index < -0.39 is 5.82 Å². The standard InChI is InChI=1S/C16H18FN3O3/c1-21-13-4-2-3-12(9-13)11-23-16-18-10-14(17)15(19-16)20-5-7-22-8-6-20/h2-4,9-10H,5-8,11H2,1H3. The number of methoxy groups -OCH3 is 1. The summed E-state index contributed by atoms with van der Waals surface area (Å²) in [7, 11) is 1.61. The molecule has 1 aliphatic heterocycles. The van der Waals surface area contributed by atoms with E-state index in [0.29, 0.717) is 26.3 Å². The number of morpholine rings is 1. The molecule has 1 saturated heterocycles. The summed E-state index contributed by atoms with van der Waals surface area (Å²) in [5.74, 6) is 0.546. The minimum Gasteiger partial charge on any atom is -0.497 e. The minimum atomic E-state index is -0.458. The zero-order valence-electron chi connectivity index (χ0n) is 12.9. The van der Waals surface area contributed by atoms with Crippen molar-refractivity contribution in [3.8, 4) is 11.8 Å². The molecule has 1 fully saturated rings. The van der Waals surface area contributed by atoms with Crippen molar-refractivity contribution >= 4 is 5.82 Å². The number of anilines is 1. The predicted octanol–water partition coefficient (Wildman–Crippen LogP) is 2.04. The van der Waals surface area contributed by atoms with Crippen LogP contribution in [0.3, 0.4) is 0 Å². The van der Waals surface area contributed by atoms with E-state index in [1.165, 1.54) is 0 Å². The van der Waals surface area contributed by atoms with E-state index in [1.807, 2.05) is 29.2 Å². The van der Waals surface area contributed by atoms with Crippen LogP contribution in [0.15, 0.2) is 30.5 Å². The Hall–Kier alpha value is -2.41. The molecule has 23 heavy (non-hydrogen) atoms. The van der Waals surface area contributed by atoms with Crippen LogP contribution in [0.2, 0.25) is 0 Å². The van der Waals surface area contributed by atoms with Crippen LogP contribution in [0.4, 0.5) is 10.2 Å². The van der Waals surface area contributed by atoms with Crippen molar-refractivity contribution in [2.24, 2.45) is 0 Å². The van der Waals surface area contributed by atoms with Crippen molar-refractivity contribution in [3.05, 3.63) is 41.8 Å². The Labute approximate surface area is 133 Å². The van der Waals surface area contributed by atoms with Crippen LogP contribution in [-0.2, 0) is 11.3 Å². The number of benzene rings is 1. The van der Waals surface area contributed by atoms with Crippen molar-refractivity contribution < 1.29 is 18.6 Å². The van der Waals surface area contributed by atoms with Gasteiger partial charge in [0.1, 0.15) is 12.4 Å². The normalized spacial score (nSPS) is 14.6. The number of hydrogen-bond donors (Lipinski definition) is 0. The van der Waals surface area contributed by atoms with Crippen molar-refractivity contribution in [2.45, 2.75) is 6.61 Å². The molecule has 0 saturated carbocycles. The van der Waals surface area contributed by atoms with Crippen molar-refractivity contribution in [1.82, 2.24) is 9.97 Å². The van der Waals surface area contributed by atoms with Gasteiger partial charge in [0.15, 0.2) is 11.6 Å². The molecule has 2 heterocycles. The third-order valence-electron chi connectivity index (χ3n) is 3.52. The van der Waals surface area contributed by atoms with Gasteiger partial charge in [-0.3, -0.25) is 0 Å². The first-order valence-electron chi connectivity index (χ1n) is 7.37. The van der Waals surface area contributed by atoms with Gasteiger partial charge in [-0.1, -0.05) is 12.1 Å². The summed E-state index contributed by atoms with van der Waals surface area (Å²) in [6, 6.07) is 7.66. The van der Waals surface area contributed by atoms with Gasteiger partial charge in [0.05, 0.1) is 26.5 Å². The van der Waals surface area contributed by atoms with Gasteiger partial charge in [0, 0.05) is 13.1 Å². The minimum absolute atomic E-state index is 0.149. The molecular formula is C16H18FN3O3. The summed E-state index contributed by atoms with van der Waals surface area (Å²) >= 11 is 0. The molecule has 122 valence electrons. The monoisotopic (exact) mass is 319 g/mol. The molecular weight excluding hydrogens is 301 g/mol. The zero-order chi connectivity index (χ0) is 16.1. The van der Waals surface area contributed by atoms with E-state index in [1.54, 1.807) is 7.11 Å². The van der Waals surface area contributed by atoms with Gasteiger partial charge in [-0.05, 0) is 17.7 Å². The van der Waals surface area contributed by atoms with Crippen LogP contribution in [0.1, 0.15) is 5.56 Å². The first-order valence-corrected chi connectivity index (χ1v) is 7.37. The second kappa shape index (κ2) is 7.23. The summed E-state index contributed by atoms with van der Waals surface area (Å²) in [4.78, 5) is 9.91. The SMILES string of the molecule is COc1cccc(COc2ncc(F)c(N3CCOCC3)n2)c1. The molecule has 0 amide bonds. The molecule has 0 unspecified atom stereocenters. The van der Waals surface area contributed by atoms with Crippen LogP contribution in [0.5, 0.6) is 11.8 Å². The lowest BCUT2D eigenvalue weighted by molar-refractivity contribution is 0.122. The highest BCUT2D eigenvalue weighted by molar-refractivity contribution is 5.40. The lowest BCUT2D eigenvalue weighted by atomic mass is 10.2. The maximum Gasteiger partial charge on any atom is 0.318 e. The fourth-order valence-corrected chi connectivity index (χ4v) is 2.32. The van der Waals surface area contributed by atoms with E-state index in [4.69, 9.17) is 14.2 Å². The third-order valence-corrected chi connectivity index (χ3v) is 3.52. The van der Waals surface area contributed by atoms with E-state index in [9.17, 15) is 4.39 Å². The Kier molecular flexibility index (Phi) is 4.87. The number of rotatable bonds is 5. The molecule has 7 heteroatoms. The van der Waals surface area contributed by atoms with E-state index in [2.05, 4.69) is 9.97 Å². The molecule has 6 nitrogen and oxygen atoms in total. The second-order valence-corrected chi connectivity index (χ2v) is 5.06. The van der Waals surface area contributed by atoms with Crippen LogP contribution >= 0.6 is 0 Å². The molecule has 0 spiro atoms. The molecule has 0 N–H and O–H groups in total. The van der Waals surface area contributed by atoms with Crippen molar-refractivity contribution in [2.75, 3.05) is 38.3 Å². The van der Waals surface area contributed by atoms with Gasteiger partial charge in [-0.25, -0.2) is 9.37 Å². The van der Waals surface area contributed by atoms with E-state index in [-0.39, 0.29) is 18.4 Å². The molecule has 3 rings (SSSR count). The van der Waals surface area contributed by atoms with Crippen molar-refractivity contribution in [3.63, 3.8) is 0 Å². The maximum absolute atomic E-state index is 13.9. The molecule has 0 aliphatic carbocycles. The fourth-order valence-electron chi connectivity index (χ4n) is 2.32. The second-order valence-electron chi connectivity index (χ2n) is 5.06. The first-order chi connectivity index (χ1) is 11.3. The van der Waals surface area contributed by atoms with Crippen LogP contribution < -0.4 is 14.4 Å². The highest BCUT2D eigenvalue weighted by Gasteiger charge is 2.18. The Morgan fingerprint density at radius 2 is 2.13 bits per heavy atom. The average Bonchev–Trinajstić information content (AvgIpc) is 2.62. The number of nitrogens with zero attached hydrogens (tertiary/aromatic N) is 3. The van der Waals surface area contributed by atoms with Crippen LogP contribution in [0.25, 0.3) is 0 Å². The van der Waals surface area contributed by atoms with Crippen LogP contribution in [0, 0.1) is 5.82 Å². The highest BCUT2D eigenvalue weighted by Crippen LogP contribution is 2.20. The van der Waals surface area contributed by atoms with Crippen molar-refractivity contribution in [1.29, 1.82) is 0 Å². The van der Waals surface area contributed by atoms with E-state index >= 15 is 0 Å². The van der Waals surface area contributed by atoms with Gasteiger partial charge in [0.2, 0.25) is 0 Å². The first kappa shape index (κ1) is 15.5. The molecule has 0 radical (unpaired) electrons. The smallest absolute Gasteiger partial charge is 0.318 e. The summed E-state index contributed by atoms with van der Waals surface area (Å²) in [6.07, 6.45) is 1.14. The summed E-state index contributed by atoms with van der Waals surface area (Å²) in [5, 5.41) is 0. The molecule has 1 aromatic carbocycles. The van der Waals surface area contributed by atoms with Gasteiger partial charge < -0.3 is 19.1 Å².